The van der Waals surface area contributed by atoms with E-state index in [9.17, 15) is 27.0 Å². The summed E-state index contributed by atoms with van der Waals surface area (Å²) in [6.45, 7) is 0. The molecule has 2 amide bonds. The molecule has 0 radical (unpaired) electrons. The van der Waals surface area contributed by atoms with Crippen molar-refractivity contribution in [2.24, 2.45) is 4.36 Å². The third-order valence-electron chi connectivity index (χ3n) is 6.18. The Morgan fingerprint density at radius 1 is 1.03 bits per heavy atom. The van der Waals surface area contributed by atoms with Gasteiger partial charge in [-0.1, -0.05) is 6.07 Å². The summed E-state index contributed by atoms with van der Waals surface area (Å²) in [6, 6.07) is 4.62. The molecule has 31 heavy (non-hydrogen) atoms. The number of fused-ring (bicyclic) bond motifs is 3. The Kier molecular flexibility index (Phi) is 4.51. The first-order chi connectivity index (χ1) is 14.7. The largest absolute Gasteiger partial charge is 0.416 e. The molecule has 1 unspecified atom stereocenters. The zero-order valence-corrected chi connectivity index (χ0v) is 17.3. The highest BCUT2D eigenvalue weighted by Crippen LogP contribution is 2.39. The van der Waals surface area contributed by atoms with Crippen molar-refractivity contribution in [3.63, 3.8) is 0 Å². The van der Waals surface area contributed by atoms with Gasteiger partial charge in [0.05, 0.1) is 25.8 Å². The fourth-order valence-corrected chi connectivity index (χ4v) is 6.72. The second-order valence-corrected chi connectivity index (χ2v) is 10.4. The van der Waals surface area contributed by atoms with Crippen molar-refractivity contribution in [2.75, 3.05) is 11.1 Å². The molecule has 0 fully saturated rings. The lowest BCUT2D eigenvalue weighted by atomic mass is 9.98. The lowest BCUT2D eigenvalue weighted by Gasteiger charge is -2.16. The molecule has 162 valence electrons. The summed E-state index contributed by atoms with van der Waals surface area (Å²) in [6.07, 6.45) is 0.904. The summed E-state index contributed by atoms with van der Waals surface area (Å²) in [5, 5.41) is 2.87. The molecule has 1 heterocycles. The van der Waals surface area contributed by atoms with Crippen molar-refractivity contribution in [2.45, 2.75) is 49.6 Å². The number of halogens is 3. The van der Waals surface area contributed by atoms with E-state index < -0.39 is 39.0 Å². The van der Waals surface area contributed by atoms with E-state index >= 15 is 0 Å². The van der Waals surface area contributed by atoms with Crippen molar-refractivity contribution >= 4 is 27.2 Å². The van der Waals surface area contributed by atoms with Crippen LogP contribution >= 0.6 is 0 Å². The average molecular weight is 448 g/mol. The molecule has 3 aliphatic rings. The van der Waals surface area contributed by atoms with Gasteiger partial charge >= 0.3 is 6.18 Å². The highest BCUT2D eigenvalue weighted by molar-refractivity contribution is 7.95. The maximum atomic E-state index is 13.3. The Labute approximate surface area is 177 Å². The number of benzene rings is 2. The Hall–Kier alpha value is -2.68. The normalized spacial score (nSPS) is 21.5. The molecule has 9 heteroatoms. The maximum absolute atomic E-state index is 13.3. The quantitative estimate of drug-likeness (QED) is 0.761. The minimum atomic E-state index is -4.66. The highest BCUT2D eigenvalue weighted by Gasteiger charge is 2.37. The lowest BCUT2D eigenvalue weighted by molar-refractivity contribution is -0.137. The van der Waals surface area contributed by atoms with E-state index in [1.807, 2.05) is 0 Å². The van der Waals surface area contributed by atoms with Crippen LogP contribution in [0.5, 0.6) is 0 Å². The number of alkyl halides is 3. The monoisotopic (exact) mass is 448 g/mol. The Bertz CT molecular complexity index is 1240. The molecular weight excluding hydrogens is 429 g/mol. The van der Waals surface area contributed by atoms with E-state index in [0.717, 1.165) is 67.5 Å². The molecule has 5 nitrogen and oxygen atoms in total. The number of rotatable bonds is 3. The van der Waals surface area contributed by atoms with Gasteiger partial charge in [-0.05, 0) is 79.0 Å². The standard InChI is InChI=1S/C22H19F3N2O3S/c23-22(24,25)14-7-8-17-18(10-14)31(30,27-21(17)29)11-19(28)26-20-15-5-1-3-12(15)9-13-4-2-6-16(13)20/h7-10H,1-6,11H2,(H,26,28). The summed E-state index contributed by atoms with van der Waals surface area (Å²) < 4.78 is 56.3. The molecule has 0 aromatic heterocycles. The van der Waals surface area contributed by atoms with Crippen LogP contribution in [0.2, 0.25) is 0 Å². The smallest absolute Gasteiger partial charge is 0.325 e. The number of carbonyl (C=O) groups excluding carboxylic acids is 2. The number of hydrogen-bond acceptors (Lipinski definition) is 3. The molecule has 5 rings (SSSR count). The third kappa shape index (κ3) is 3.35. The van der Waals surface area contributed by atoms with Crippen LogP contribution in [0.4, 0.5) is 18.9 Å². The second-order valence-electron chi connectivity index (χ2n) is 8.17. The Balaban J connectivity index is 1.48. The van der Waals surface area contributed by atoms with Crippen LogP contribution in [0.25, 0.3) is 0 Å². The summed E-state index contributed by atoms with van der Waals surface area (Å²) in [7, 11) is -3.63. The topological polar surface area (TPSA) is 75.6 Å². The van der Waals surface area contributed by atoms with E-state index in [1.165, 1.54) is 11.1 Å². The number of amides is 2. The number of nitrogens with zero attached hydrogens (tertiary/aromatic N) is 1. The van der Waals surface area contributed by atoms with Gasteiger partial charge in [-0.25, -0.2) is 4.21 Å². The van der Waals surface area contributed by atoms with Crippen LogP contribution in [0.15, 0.2) is 33.5 Å². The van der Waals surface area contributed by atoms with Crippen molar-refractivity contribution in [3.05, 3.63) is 57.6 Å². The summed E-state index contributed by atoms with van der Waals surface area (Å²) in [5.41, 5.74) is 4.17. The molecule has 1 atom stereocenters. The minimum Gasteiger partial charge on any atom is -0.325 e. The van der Waals surface area contributed by atoms with Gasteiger partial charge in [0.1, 0.15) is 5.75 Å². The summed E-state index contributed by atoms with van der Waals surface area (Å²) in [4.78, 5) is 24.7. The minimum absolute atomic E-state index is 0.146. The molecular formula is C22H19F3N2O3S. The van der Waals surface area contributed by atoms with Crippen LogP contribution in [-0.4, -0.2) is 21.8 Å². The number of anilines is 1. The van der Waals surface area contributed by atoms with Gasteiger partial charge in [-0.15, -0.1) is 0 Å². The molecule has 0 saturated heterocycles. The molecule has 2 aliphatic carbocycles. The van der Waals surface area contributed by atoms with E-state index in [-0.39, 0.29) is 10.5 Å². The van der Waals surface area contributed by atoms with Crippen LogP contribution in [-0.2, 0) is 46.4 Å². The predicted octanol–water partition coefficient (Wildman–Crippen LogP) is 4.30. The van der Waals surface area contributed by atoms with Crippen molar-refractivity contribution in [3.8, 4) is 0 Å². The number of aryl methyl sites for hydroxylation is 2. The van der Waals surface area contributed by atoms with Gasteiger partial charge in [0.2, 0.25) is 5.91 Å². The van der Waals surface area contributed by atoms with E-state index in [2.05, 4.69) is 15.7 Å². The Morgan fingerprint density at radius 3 is 2.29 bits per heavy atom. The zero-order valence-electron chi connectivity index (χ0n) is 16.5. The highest BCUT2D eigenvalue weighted by atomic mass is 32.2. The fraction of sp³-hybridized carbons (Fsp3) is 0.364. The van der Waals surface area contributed by atoms with Gasteiger partial charge < -0.3 is 5.32 Å². The van der Waals surface area contributed by atoms with E-state index in [1.54, 1.807) is 0 Å². The SMILES string of the molecule is O=C(CS1(=O)=NC(=O)c2ccc(C(F)(F)F)cc21)Nc1c2c(cc3c1CCC3)CCC2. The van der Waals surface area contributed by atoms with Gasteiger partial charge in [0.15, 0.2) is 0 Å². The number of hydrogen-bond donors (Lipinski definition) is 1. The summed E-state index contributed by atoms with van der Waals surface area (Å²) >= 11 is 0. The van der Waals surface area contributed by atoms with Crippen molar-refractivity contribution in [1.82, 2.24) is 0 Å². The average Bonchev–Trinajstić information content (AvgIpc) is 3.39. The van der Waals surface area contributed by atoms with Crippen LogP contribution < -0.4 is 5.32 Å². The van der Waals surface area contributed by atoms with Gasteiger partial charge in [0, 0.05) is 5.69 Å². The van der Waals surface area contributed by atoms with Crippen molar-refractivity contribution in [1.29, 1.82) is 0 Å². The maximum Gasteiger partial charge on any atom is 0.416 e. The van der Waals surface area contributed by atoms with E-state index in [4.69, 9.17) is 0 Å². The molecule has 2 aromatic rings. The molecule has 0 bridgehead atoms. The molecule has 2 aromatic carbocycles. The van der Waals surface area contributed by atoms with Crippen LogP contribution in [0.1, 0.15) is 51.0 Å². The predicted molar refractivity (Wildman–Crippen MR) is 109 cm³/mol. The molecule has 0 spiro atoms. The second kappa shape index (κ2) is 6.91. The van der Waals surface area contributed by atoms with Gasteiger partial charge in [0.25, 0.3) is 5.91 Å². The first kappa shape index (κ1) is 20.2. The first-order valence-corrected chi connectivity index (χ1v) is 11.8. The van der Waals surface area contributed by atoms with Gasteiger partial charge in [-0.3, -0.25) is 9.59 Å². The summed E-state index contributed by atoms with van der Waals surface area (Å²) in [5.74, 6) is -2.13. The van der Waals surface area contributed by atoms with E-state index in [0.29, 0.717) is 6.07 Å². The van der Waals surface area contributed by atoms with Gasteiger partial charge in [-0.2, -0.15) is 17.5 Å². The molecule has 0 saturated carbocycles. The van der Waals surface area contributed by atoms with Crippen LogP contribution in [0, 0.1) is 0 Å². The Morgan fingerprint density at radius 2 is 1.68 bits per heavy atom. The molecule has 1 aliphatic heterocycles. The third-order valence-corrected chi connectivity index (χ3v) is 8.32. The first-order valence-electron chi connectivity index (χ1n) is 10.1. The van der Waals surface area contributed by atoms with Crippen molar-refractivity contribution < 1.29 is 27.0 Å². The fourth-order valence-electron chi connectivity index (χ4n) is 4.80. The number of carbonyl (C=O) groups is 2. The zero-order chi connectivity index (χ0) is 22.0. The molecule has 1 N–H and O–H groups in total. The van der Waals surface area contributed by atoms with Crippen LogP contribution in [0.3, 0.4) is 0 Å². The number of nitrogens with one attached hydrogen (secondary N) is 1. The lowest BCUT2D eigenvalue weighted by Crippen LogP contribution is -2.24.